The van der Waals surface area contributed by atoms with Gasteiger partial charge in [0.2, 0.25) is 29.5 Å². The third-order valence-electron chi connectivity index (χ3n) is 6.00. The van der Waals surface area contributed by atoms with Crippen molar-refractivity contribution >= 4 is 46.9 Å². The highest BCUT2D eigenvalue weighted by atomic mass is 16.6. The Hall–Kier alpha value is -4.56. The molecule has 1 aromatic carbocycles. The van der Waals surface area contributed by atoms with Crippen LogP contribution in [0.2, 0.25) is 0 Å². The number of benzene rings is 1. The standard InChI is InChI=1S/C24H32N6O9/c1-13(25-19(31)10-11-20(32)33)21(34)27-15(3)24(37)29-12-4-5-18(29)23(36)26-14(2)22(35)28-16-6-8-17(9-7-16)30(38)39/h6-9,13-15,18H,4-5,10-12H2,1-3H3,(H,25,31)(H,26,36)(H,27,34)(H,28,35)(H,32,33)/t13-,14+,15+,18-/m0/s1. The Balaban J connectivity index is 1.89. The number of likely N-dealkylation sites (tertiary alicyclic amines) is 1. The molecule has 0 aliphatic carbocycles. The highest BCUT2D eigenvalue weighted by Gasteiger charge is 2.37. The van der Waals surface area contributed by atoms with Gasteiger partial charge in [-0.25, -0.2) is 0 Å². The largest absolute Gasteiger partial charge is 0.481 e. The lowest BCUT2D eigenvalue weighted by Gasteiger charge is -2.28. The number of carboxylic acid groups (broad SMARTS) is 1. The quantitative estimate of drug-likeness (QED) is 0.174. The maximum atomic E-state index is 13.0. The number of nitro groups is 1. The summed E-state index contributed by atoms with van der Waals surface area (Å²) in [6.07, 6.45) is 0.204. The van der Waals surface area contributed by atoms with E-state index in [2.05, 4.69) is 21.3 Å². The third kappa shape index (κ3) is 9.05. The maximum absolute atomic E-state index is 13.0. The molecule has 0 bridgehead atoms. The summed E-state index contributed by atoms with van der Waals surface area (Å²) in [5, 5.41) is 29.4. The van der Waals surface area contributed by atoms with Crippen LogP contribution in [-0.4, -0.2) is 81.1 Å². The summed E-state index contributed by atoms with van der Waals surface area (Å²) in [5.74, 6) is -4.06. The van der Waals surface area contributed by atoms with Crippen LogP contribution in [0, 0.1) is 10.1 Å². The highest BCUT2D eigenvalue weighted by Crippen LogP contribution is 2.19. The molecule has 0 radical (unpaired) electrons. The molecule has 1 saturated heterocycles. The molecular weight excluding hydrogens is 516 g/mol. The first-order valence-corrected chi connectivity index (χ1v) is 12.3. The van der Waals surface area contributed by atoms with Crippen molar-refractivity contribution in [2.45, 2.75) is 70.6 Å². The number of carbonyl (C=O) groups is 6. The van der Waals surface area contributed by atoms with Crippen LogP contribution < -0.4 is 21.3 Å². The van der Waals surface area contributed by atoms with Crippen LogP contribution >= 0.6 is 0 Å². The summed E-state index contributed by atoms with van der Waals surface area (Å²) in [7, 11) is 0. The number of hydrogen-bond donors (Lipinski definition) is 5. The van der Waals surface area contributed by atoms with E-state index >= 15 is 0 Å². The fourth-order valence-electron chi connectivity index (χ4n) is 3.84. The van der Waals surface area contributed by atoms with Gasteiger partial charge in [-0.1, -0.05) is 0 Å². The molecule has 1 aliphatic heterocycles. The predicted octanol–water partition coefficient (Wildman–Crippen LogP) is -0.0968. The van der Waals surface area contributed by atoms with E-state index in [0.717, 1.165) is 0 Å². The van der Waals surface area contributed by atoms with Crippen LogP contribution in [0.25, 0.3) is 0 Å². The number of carboxylic acids is 1. The fourth-order valence-corrected chi connectivity index (χ4v) is 3.84. The minimum absolute atomic E-state index is 0.138. The third-order valence-corrected chi connectivity index (χ3v) is 6.00. The molecule has 2 rings (SSSR count). The van der Waals surface area contributed by atoms with Crippen molar-refractivity contribution in [1.29, 1.82) is 0 Å². The normalized spacial score (nSPS) is 16.8. The second-order valence-corrected chi connectivity index (χ2v) is 9.13. The summed E-state index contributed by atoms with van der Waals surface area (Å²) in [6.45, 7) is 4.55. The van der Waals surface area contributed by atoms with Crippen LogP contribution in [-0.2, 0) is 28.8 Å². The van der Waals surface area contributed by atoms with Gasteiger partial charge in [0.1, 0.15) is 24.2 Å². The van der Waals surface area contributed by atoms with Crippen molar-refractivity contribution in [3.63, 3.8) is 0 Å². The van der Waals surface area contributed by atoms with Gasteiger partial charge in [-0.3, -0.25) is 38.9 Å². The lowest BCUT2D eigenvalue weighted by molar-refractivity contribution is -0.384. The van der Waals surface area contributed by atoms with Crippen LogP contribution in [0.5, 0.6) is 0 Å². The van der Waals surface area contributed by atoms with E-state index < -0.39 is 64.6 Å². The first-order chi connectivity index (χ1) is 18.3. The van der Waals surface area contributed by atoms with Crippen molar-refractivity contribution < 1.29 is 38.8 Å². The Labute approximate surface area is 223 Å². The van der Waals surface area contributed by atoms with Crippen LogP contribution in [0.3, 0.4) is 0 Å². The number of nitro benzene ring substituents is 1. The average molecular weight is 549 g/mol. The van der Waals surface area contributed by atoms with E-state index in [4.69, 9.17) is 5.11 Å². The lowest BCUT2D eigenvalue weighted by atomic mass is 10.1. The molecule has 0 aromatic heterocycles. The zero-order valence-corrected chi connectivity index (χ0v) is 21.8. The molecule has 15 nitrogen and oxygen atoms in total. The van der Waals surface area contributed by atoms with Gasteiger partial charge in [0.05, 0.1) is 11.3 Å². The van der Waals surface area contributed by atoms with Gasteiger partial charge in [-0.15, -0.1) is 0 Å². The Morgan fingerprint density at radius 3 is 2.15 bits per heavy atom. The smallest absolute Gasteiger partial charge is 0.303 e. The van der Waals surface area contributed by atoms with Crippen molar-refractivity contribution in [3.8, 4) is 0 Å². The zero-order valence-electron chi connectivity index (χ0n) is 21.8. The number of amides is 5. The topological polar surface area (TPSA) is 217 Å². The van der Waals surface area contributed by atoms with E-state index in [9.17, 15) is 38.9 Å². The Morgan fingerprint density at radius 1 is 0.949 bits per heavy atom. The number of anilines is 1. The zero-order chi connectivity index (χ0) is 29.3. The number of nitrogens with zero attached hydrogens (tertiary/aromatic N) is 2. The maximum Gasteiger partial charge on any atom is 0.303 e. The molecule has 5 N–H and O–H groups in total. The first kappa shape index (κ1) is 30.7. The monoisotopic (exact) mass is 548 g/mol. The molecule has 0 saturated carbocycles. The van der Waals surface area contributed by atoms with Crippen molar-refractivity contribution in [2.75, 3.05) is 11.9 Å². The van der Waals surface area contributed by atoms with Crippen LogP contribution in [0.1, 0.15) is 46.5 Å². The first-order valence-electron chi connectivity index (χ1n) is 12.3. The number of aliphatic carboxylic acids is 1. The minimum Gasteiger partial charge on any atom is -0.481 e. The molecule has 5 amide bonds. The molecule has 1 aromatic rings. The number of rotatable bonds is 12. The summed E-state index contributed by atoms with van der Waals surface area (Å²) < 4.78 is 0. The van der Waals surface area contributed by atoms with Gasteiger partial charge >= 0.3 is 5.97 Å². The second kappa shape index (κ2) is 13.8. The molecule has 0 unspecified atom stereocenters. The summed E-state index contributed by atoms with van der Waals surface area (Å²) >= 11 is 0. The SMILES string of the molecule is C[C@H](NC(=O)CCC(=O)O)C(=O)N[C@H](C)C(=O)N1CCC[C@H]1C(=O)N[C@H](C)C(=O)Nc1ccc([N+](=O)[O-])cc1. The summed E-state index contributed by atoms with van der Waals surface area (Å²) in [6, 6.07) is 1.30. The van der Waals surface area contributed by atoms with E-state index in [-0.39, 0.29) is 25.1 Å². The lowest BCUT2D eigenvalue weighted by Crippen LogP contribution is -2.56. The fraction of sp³-hybridized carbons (Fsp3) is 0.500. The Morgan fingerprint density at radius 2 is 1.56 bits per heavy atom. The average Bonchev–Trinajstić information content (AvgIpc) is 3.37. The van der Waals surface area contributed by atoms with Crippen LogP contribution in [0.15, 0.2) is 24.3 Å². The molecule has 1 heterocycles. The summed E-state index contributed by atoms with van der Waals surface area (Å²) in [5.41, 5.74) is 0.168. The Bertz CT molecular complexity index is 1120. The van der Waals surface area contributed by atoms with Gasteiger partial charge in [0.15, 0.2) is 0 Å². The van der Waals surface area contributed by atoms with Gasteiger partial charge < -0.3 is 31.3 Å². The van der Waals surface area contributed by atoms with E-state index in [1.807, 2.05) is 0 Å². The Kier molecular flexibility index (Phi) is 10.9. The van der Waals surface area contributed by atoms with Crippen molar-refractivity contribution in [2.24, 2.45) is 0 Å². The van der Waals surface area contributed by atoms with Gasteiger partial charge in [0.25, 0.3) is 5.69 Å². The highest BCUT2D eigenvalue weighted by molar-refractivity contribution is 5.99. The molecule has 212 valence electrons. The number of hydrogen-bond acceptors (Lipinski definition) is 8. The molecule has 0 spiro atoms. The van der Waals surface area contributed by atoms with Crippen molar-refractivity contribution in [1.82, 2.24) is 20.9 Å². The molecule has 39 heavy (non-hydrogen) atoms. The second-order valence-electron chi connectivity index (χ2n) is 9.13. The van der Waals surface area contributed by atoms with E-state index in [0.29, 0.717) is 18.5 Å². The molecule has 15 heteroatoms. The summed E-state index contributed by atoms with van der Waals surface area (Å²) in [4.78, 5) is 84.6. The van der Waals surface area contributed by atoms with Gasteiger partial charge in [0, 0.05) is 30.8 Å². The van der Waals surface area contributed by atoms with E-state index in [1.165, 1.54) is 49.9 Å². The van der Waals surface area contributed by atoms with Gasteiger partial charge in [-0.2, -0.15) is 0 Å². The number of nitrogens with one attached hydrogen (secondary N) is 4. The minimum atomic E-state index is -1.15. The molecular formula is C24H32N6O9. The molecule has 1 aliphatic rings. The molecule has 1 fully saturated rings. The van der Waals surface area contributed by atoms with Crippen LogP contribution in [0.4, 0.5) is 11.4 Å². The predicted molar refractivity (Wildman–Crippen MR) is 136 cm³/mol. The molecule has 4 atom stereocenters. The number of non-ortho nitro benzene ring substituents is 1. The van der Waals surface area contributed by atoms with E-state index in [1.54, 1.807) is 0 Å². The number of carbonyl (C=O) groups excluding carboxylic acids is 5. The van der Waals surface area contributed by atoms with Gasteiger partial charge in [-0.05, 0) is 45.7 Å². The van der Waals surface area contributed by atoms with Crippen molar-refractivity contribution in [3.05, 3.63) is 34.4 Å².